The highest BCUT2D eigenvalue weighted by atomic mass is 79.9. The molecule has 0 unspecified atom stereocenters. The molecule has 1 aromatic heterocycles. The third-order valence-electron chi connectivity index (χ3n) is 4.27. The highest BCUT2D eigenvalue weighted by Crippen LogP contribution is 2.25. The van der Waals surface area contributed by atoms with Gasteiger partial charge < -0.3 is 5.11 Å². The van der Waals surface area contributed by atoms with E-state index in [9.17, 15) is 14.7 Å². The maximum atomic E-state index is 12.5. The fourth-order valence-electron chi connectivity index (χ4n) is 2.71. The largest absolute Gasteiger partial charge is 0.393 e. The number of fused-ring (bicyclic) bond motifs is 1. The second kappa shape index (κ2) is 8.92. The molecule has 0 amide bonds. The topological polar surface area (TPSA) is 72.2 Å². The van der Waals surface area contributed by atoms with Crippen LogP contribution in [0.25, 0.3) is 10.9 Å². The van der Waals surface area contributed by atoms with Gasteiger partial charge in [0.05, 0.1) is 34.9 Å². The molecular weight excluding hydrogens is 408 g/mol. The molecule has 136 valence electrons. The van der Waals surface area contributed by atoms with Crippen molar-refractivity contribution in [2.75, 3.05) is 0 Å². The zero-order chi connectivity index (χ0) is 18.6. The molecular formula is C18H22BrClN2O3. The molecule has 1 aromatic carbocycles. The van der Waals surface area contributed by atoms with Crippen LogP contribution in [-0.2, 0) is 11.3 Å². The van der Waals surface area contributed by atoms with Crippen molar-refractivity contribution >= 4 is 44.2 Å². The predicted octanol–water partition coefficient (Wildman–Crippen LogP) is 3.96. The van der Waals surface area contributed by atoms with Crippen molar-refractivity contribution in [3.63, 3.8) is 0 Å². The number of rotatable bonds is 8. The van der Waals surface area contributed by atoms with Crippen LogP contribution in [0.15, 0.2) is 27.7 Å². The number of aliphatic hydroxyl groups is 1. The molecule has 0 fully saturated rings. The van der Waals surface area contributed by atoms with Crippen molar-refractivity contribution in [1.29, 1.82) is 0 Å². The molecule has 0 aliphatic rings. The van der Waals surface area contributed by atoms with Gasteiger partial charge in [0.15, 0.2) is 5.78 Å². The third-order valence-corrected chi connectivity index (χ3v) is 5.47. The Balaban J connectivity index is 2.12. The molecule has 2 rings (SSSR count). The summed E-state index contributed by atoms with van der Waals surface area (Å²) in [7, 11) is 0. The SMILES string of the molecule is CCCC[C@H](O)[C@H](C)CC(=O)Cn1cnc2cc(Br)c(Cl)cc2c1=O. The van der Waals surface area contributed by atoms with Gasteiger partial charge in [-0.2, -0.15) is 0 Å². The minimum atomic E-state index is -0.494. The summed E-state index contributed by atoms with van der Waals surface area (Å²) in [6.45, 7) is 3.86. The number of ketones is 1. The van der Waals surface area contributed by atoms with E-state index in [0.717, 1.165) is 12.8 Å². The van der Waals surface area contributed by atoms with Gasteiger partial charge in [-0.25, -0.2) is 4.98 Å². The van der Waals surface area contributed by atoms with Crippen LogP contribution in [0.5, 0.6) is 0 Å². The Kier molecular flexibility index (Phi) is 7.16. The summed E-state index contributed by atoms with van der Waals surface area (Å²) in [5.74, 6) is -0.233. The van der Waals surface area contributed by atoms with Crippen LogP contribution in [0.4, 0.5) is 0 Å². The summed E-state index contributed by atoms with van der Waals surface area (Å²) in [5.41, 5.74) is 0.222. The van der Waals surface area contributed by atoms with Gasteiger partial charge in [-0.1, -0.05) is 38.3 Å². The molecule has 0 saturated carbocycles. The van der Waals surface area contributed by atoms with Crippen molar-refractivity contribution in [3.05, 3.63) is 38.3 Å². The van der Waals surface area contributed by atoms with Crippen molar-refractivity contribution in [2.45, 2.75) is 52.2 Å². The van der Waals surface area contributed by atoms with E-state index in [1.807, 2.05) is 6.92 Å². The highest BCUT2D eigenvalue weighted by Gasteiger charge is 2.18. The van der Waals surface area contributed by atoms with Gasteiger partial charge in [-0.3, -0.25) is 14.2 Å². The number of halogens is 2. The summed E-state index contributed by atoms with van der Waals surface area (Å²) < 4.78 is 1.96. The minimum absolute atomic E-state index is 0.0553. The molecule has 2 atom stereocenters. The molecule has 0 saturated heterocycles. The second-order valence-electron chi connectivity index (χ2n) is 6.39. The van der Waals surface area contributed by atoms with Gasteiger partial charge in [0.2, 0.25) is 0 Å². The van der Waals surface area contributed by atoms with Crippen molar-refractivity contribution < 1.29 is 9.90 Å². The lowest BCUT2D eigenvalue weighted by Gasteiger charge is -2.18. The Morgan fingerprint density at radius 2 is 2.16 bits per heavy atom. The average molecular weight is 430 g/mol. The smallest absolute Gasteiger partial charge is 0.261 e. The van der Waals surface area contributed by atoms with Gasteiger partial charge in [0, 0.05) is 10.9 Å². The Labute approximate surface area is 160 Å². The number of nitrogens with zero attached hydrogens (tertiary/aromatic N) is 2. The maximum Gasteiger partial charge on any atom is 0.261 e. The van der Waals surface area contributed by atoms with Crippen LogP contribution >= 0.6 is 27.5 Å². The van der Waals surface area contributed by atoms with Gasteiger partial charge in [-0.15, -0.1) is 0 Å². The predicted molar refractivity (Wildman–Crippen MR) is 103 cm³/mol. The third kappa shape index (κ3) is 5.12. The van der Waals surface area contributed by atoms with Crippen molar-refractivity contribution in [3.8, 4) is 0 Å². The fourth-order valence-corrected chi connectivity index (χ4v) is 3.21. The lowest BCUT2D eigenvalue weighted by molar-refractivity contribution is -0.121. The quantitative estimate of drug-likeness (QED) is 0.689. The van der Waals surface area contributed by atoms with E-state index in [1.165, 1.54) is 10.9 Å². The number of unbranched alkanes of at least 4 members (excludes halogenated alkanes) is 1. The maximum absolute atomic E-state index is 12.5. The number of aliphatic hydroxyl groups excluding tert-OH is 1. The molecule has 1 heterocycles. The molecule has 1 N–H and O–H groups in total. The van der Waals surface area contributed by atoms with Crippen molar-refractivity contribution in [2.24, 2.45) is 5.92 Å². The number of hydrogen-bond acceptors (Lipinski definition) is 4. The molecule has 0 spiro atoms. The first kappa shape index (κ1) is 20.1. The first-order valence-electron chi connectivity index (χ1n) is 8.37. The van der Waals surface area contributed by atoms with E-state index in [2.05, 4.69) is 27.8 Å². The lowest BCUT2D eigenvalue weighted by atomic mass is 9.94. The van der Waals surface area contributed by atoms with E-state index >= 15 is 0 Å². The highest BCUT2D eigenvalue weighted by molar-refractivity contribution is 9.10. The number of benzene rings is 1. The van der Waals surface area contributed by atoms with Crippen LogP contribution < -0.4 is 5.56 Å². The molecule has 0 radical (unpaired) electrons. The lowest BCUT2D eigenvalue weighted by Crippen LogP contribution is -2.27. The number of Topliss-reactive ketones (excluding diaryl/α,β-unsaturated/α-hetero) is 1. The van der Waals surface area contributed by atoms with Gasteiger partial charge in [0.25, 0.3) is 5.56 Å². The summed E-state index contributed by atoms with van der Waals surface area (Å²) in [6.07, 6.45) is 3.75. The van der Waals surface area contributed by atoms with Crippen LogP contribution in [0.2, 0.25) is 5.02 Å². The van der Waals surface area contributed by atoms with E-state index in [0.29, 0.717) is 26.8 Å². The number of carbonyl (C=O) groups excluding carboxylic acids is 1. The Morgan fingerprint density at radius 3 is 2.84 bits per heavy atom. The zero-order valence-electron chi connectivity index (χ0n) is 14.3. The van der Waals surface area contributed by atoms with Crippen LogP contribution in [0, 0.1) is 5.92 Å². The summed E-state index contributed by atoms with van der Waals surface area (Å²) >= 11 is 9.35. The van der Waals surface area contributed by atoms with Gasteiger partial charge >= 0.3 is 0 Å². The van der Waals surface area contributed by atoms with Crippen LogP contribution in [-0.4, -0.2) is 26.5 Å². The average Bonchev–Trinajstić information content (AvgIpc) is 2.57. The number of hydrogen-bond donors (Lipinski definition) is 1. The first-order chi connectivity index (χ1) is 11.8. The normalized spacial score (nSPS) is 13.8. The van der Waals surface area contributed by atoms with Gasteiger partial charge in [-0.05, 0) is 40.4 Å². The standard InChI is InChI=1S/C18H22BrClN2O3/c1-3-4-5-17(24)11(2)6-12(23)9-22-10-21-16-8-14(19)15(20)7-13(16)18(22)25/h7-8,10-11,17,24H,3-6,9H2,1-2H3/t11-,17+/m1/s1. The fraction of sp³-hybridized carbons (Fsp3) is 0.500. The van der Waals surface area contributed by atoms with Gasteiger partial charge in [0.1, 0.15) is 0 Å². The summed E-state index contributed by atoms with van der Waals surface area (Å²) in [4.78, 5) is 29.0. The summed E-state index contributed by atoms with van der Waals surface area (Å²) in [6, 6.07) is 3.23. The Bertz CT molecular complexity index is 822. The summed E-state index contributed by atoms with van der Waals surface area (Å²) in [5, 5.41) is 10.9. The Hall–Kier alpha value is -1.24. The van der Waals surface area contributed by atoms with E-state index in [4.69, 9.17) is 11.6 Å². The molecule has 0 aliphatic heterocycles. The number of carbonyl (C=O) groups is 1. The van der Waals surface area contributed by atoms with Crippen LogP contribution in [0.3, 0.4) is 0 Å². The molecule has 0 bridgehead atoms. The monoisotopic (exact) mass is 428 g/mol. The molecule has 25 heavy (non-hydrogen) atoms. The molecule has 7 heteroatoms. The first-order valence-corrected chi connectivity index (χ1v) is 9.54. The van der Waals surface area contributed by atoms with E-state index in [1.54, 1.807) is 12.1 Å². The second-order valence-corrected chi connectivity index (χ2v) is 7.65. The minimum Gasteiger partial charge on any atom is -0.393 e. The molecule has 0 aliphatic carbocycles. The van der Waals surface area contributed by atoms with E-state index < -0.39 is 6.10 Å². The van der Waals surface area contributed by atoms with E-state index in [-0.39, 0.29) is 30.2 Å². The van der Waals surface area contributed by atoms with Crippen molar-refractivity contribution in [1.82, 2.24) is 9.55 Å². The molecule has 2 aromatic rings. The van der Waals surface area contributed by atoms with Crippen LogP contribution in [0.1, 0.15) is 39.5 Å². The zero-order valence-corrected chi connectivity index (χ0v) is 16.7. The molecule has 5 nitrogen and oxygen atoms in total. The Morgan fingerprint density at radius 1 is 1.44 bits per heavy atom. The number of aromatic nitrogens is 2.